The molecule has 3 heteroatoms. The first-order valence-electron chi connectivity index (χ1n) is 6.21. The number of hydrogen-bond donors (Lipinski definition) is 1. The molecule has 1 aliphatic heterocycles. The van der Waals surface area contributed by atoms with E-state index in [0.717, 1.165) is 18.7 Å². The summed E-state index contributed by atoms with van der Waals surface area (Å²) in [5.41, 5.74) is 2.07. The van der Waals surface area contributed by atoms with Crippen LogP contribution in [0, 0.1) is 0 Å². The second-order valence-corrected chi connectivity index (χ2v) is 4.78. The number of benzene rings is 1. The second-order valence-electron chi connectivity index (χ2n) is 4.78. The average Bonchev–Trinajstić information content (AvgIpc) is 2.39. The molecule has 0 unspecified atom stereocenters. The first-order valence-corrected chi connectivity index (χ1v) is 6.21. The number of carbonyl (C=O) groups is 1. The predicted octanol–water partition coefficient (Wildman–Crippen LogP) is 1.86. The van der Waals surface area contributed by atoms with Crippen molar-refractivity contribution in [2.75, 3.05) is 27.2 Å². The number of rotatable bonds is 2. The molecule has 0 spiro atoms. The van der Waals surface area contributed by atoms with Gasteiger partial charge in [0.25, 0.3) is 5.91 Å². The number of amides is 1. The maximum Gasteiger partial charge on any atom is 0.251 e. The van der Waals surface area contributed by atoms with Crippen molar-refractivity contribution in [2.24, 2.45) is 0 Å². The summed E-state index contributed by atoms with van der Waals surface area (Å²) in [5, 5.41) is 2.67. The van der Waals surface area contributed by atoms with Crippen molar-refractivity contribution in [3.05, 3.63) is 35.4 Å². The Labute approximate surface area is 103 Å². The number of piperidine rings is 1. The van der Waals surface area contributed by atoms with E-state index in [1.807, 2.05) is 18.2 Å². The summed E-state index contributed by atoms with van der Waals surface area (Å²) in [5.74, 6) is 0.607. The molecule has 2 rings (SSSR count). The lowest BCUT2D eigenvalue weighted by Crippen LogP contribution is -2.29. The summed E-state index contributed by atoms with van der Waals surface area (Å²) in [4.78, 5) is 13.9. The van der Waals surface area contributed by atoms with E-state index in [1.165, 1.54) is 18.4 Å². The first kappa shape index (κ1) is 12.1. The Morgan fingerprint density at radius 1 is 1.35 bits per heavy atom. The molecular formula is C14H20N2O. The Balaban J connectivity index is 2.13. The van der Waals surface area contributed by atoms with Gasteiger partial charge in [-0.25, -0.2) is 0 Å². The highest BCUT2D eigenvalue weighted by molar-refractivity contribution is 5.94. The van der Waals surface area contributed by atoms with Crippen molar-refractivity contribution < 1.29 is 4.79 Å². The lowest BCUT2D eigenvalue weighted by molar-refractivity contribution is 0.0963. The molecule has 0 atom stereocenters. The molecule has 1 aromatic rings. The third-order valence-electron chi connectivity index (χ3n) is 3.57. The van der Waals surface area contributed by atoms with E-state index in [4.69, 9.17) is 0 Å². The highest BCUT2D eigenvalue weighted by atomic mass is 16.1. The molecule has 1 aliphatic rings. The fraction of sp³-hybridized carbons (Fsp3) is 0.500. The van der Waals surface area contributed by atoms with Crippen molar-refractivity contribution in [3.8, 4) is 0 Å². The minimum Gasteiger partial charge on any atom is -0.355 e. The van der Waals surface area contributed by atoms with Crippen LogP contribution in [0.3, 0.4) is 0 Å². The summed E-state index contributed by atoms with van der Waals surface area (Å²) in [6.07, 6.45) is 2.38. The predicted molar refractivity (Wildman–Crippen MR) is 69.3 cm³/mol. The zero-order chi connectivity index (χ0) is 12.3. The van der Waals surface area contributed by atoms with Gasteiger partial charge in [0.2, 0.25) is 0 Å². The topological polar surface area (TPSA) is 32.3 Å². The largest absolute Gasteiger partial charge is 0.355 e. The van der Waals surface area contributed by atoms with Gasteiger partial charge < -0.3 is 10.2 Å². The quantitative estimate of drug-likeness (QED) is 0.844. The molecule has 1 heterocycles. The molecule has 92 valence electrons. The number of nitrogens with zero attached hydrogens (tertiary/aromatic N) is 1. The van der Waals surface area contributed by atoms with E-state index in [0.29, 0.717) is 5.92 Å². The number of likely N-dealkylation sites (tertiary alicyclic amines) is 1. The lowest BCUT2D eigenvalue weighted by atomic mass is 9.89. The van der Waals surface area contributed by atoms with E-state index < -0.39 is 0 Å². The maximum atomic E-state index is 11.6. The fourth-order valence-corrected chi connectivity index (χ4v) is 2.42. The first-order chi connectivity index (χ1) is 8.20. The molecule has 0 saturated carbocycles. The van der Waals surface area contributed by atoms with Crippen LogP contribution in [0.15, 0.2) is 24.3 Å². The van der Waals surface area contributed by atoms with Crippen molar-refractivity contribution >= 4 is 5.91 Å². The van der Waals surface area contributed by atoms with E-state index in [-0.39, 0.29) is 5.91 Å². The van der Waals surface area contributed by atoms with Crippen LogP contribution in [-0.2, 0) is 0 Å². The number of carbonyl (C=O) groups excluding carboxylic acids is 1. The summed E-state index contributed by atoms with van der Waals surface area (Å²) >= 11 is 0. The Morgan fingerprint density at radius 2 is 2.06 bits per heavy atom. The number of hydrogen-bond acceptors (Lipinski definition) is 2. The van der Waals surface area contributed by atoms with E-state index in [9.17, 15) is 4.79 Å². The van der Waals surface area contributed by atoms with Crippen LogP contribution in [0.25, 0.3) is 0 Å². The van der Waals surface area contributed by atoms with Gasteiger partial charge in [0.05, 0.1) is 0 Å². The van der Waals surface area contributed by atoms with Crippen molar-refractivity contribution in [2.45, 2.75) is 18.8 Å². The molecule has 1 aromatic carbocycles. The molecule has 1 amide bonds. The van der Waals surface area contributed by atoms with Crippen molar-refractivity contribution in [1.82, 2.24) is 10.2 Å². The smallest absolute Gasteiger partial charge is 0.251 e. The molecule has 0 aromatic heterocycles. The molecule has 1 N–H and O–H groups in total. The maximum absolute atomic E-state index is 11.6. The Morgan fingerprint density at radius 3 is 2.71 bits per heavy atom. The molecule has 0 radical (unpaired) electrons. The fourth-order valence-electron chi connectivity index (χ4n) is 2.42. The average molecular weight is 232 g/mol. The summed E-state index contributed by atoms with van der Waals surface area (Å²) in [6.45, 7) is 2.30. The minimum absolute atomic E-state index is 0.000206. The molecule has 0 aliphatic carbocycles. The van der Waals surface area contributed by atoms with Crippen molar-refractivity contribution in [3.63, 3.8) is 0 Å². The monoisotopic (exact) mass is 232 g/mol. The van der Waals surface area contributed by atoms with Crippen LogP contribution in [0.1, 0.15) is 34.7 Å². The van der Waals surface area contributed by atoms with Gasteiger partial charge in [-0.15, -0.1) is 0 Å². The number of nitrogens with one attached hydrogen (secondary N) is 1. The van der Waals surface area contributed by atoms with Gasteiger partial charge in [0.1, 0.15) is 0 Å². The van der Waals surface area contributed by atoms with E-state index >= 15 is 0 Å². The summed E-state index contributed by atoms with van der Waals surface area (Å²) in [6, 6.07) is 8.03. The van der Waals surface area contributed by atoms with Crippen LogP contribution < -0.4 is 5.32 Å². The molecule has 0 bridgehead atoms. The standard InChI is InChI=1S/C14H20N2O/c1-15-14(17)13-5-3-4-12(10-13)11-6-8-16(2)9-7-11/h3-5,10-11H,6-9H2,1-2H3,(H,15,17). The third-order valence-corrected chi connectivity index (χ3v) is 3.57. The normalized spacial score (nSPS) is 18.0. The molecule has 3 nitrogen and oxygen atoms in total. The SMILES string of the molecule is CNC(=O)c1cccc(C2CCN(C)CC2)c1. The van der Waals surface area contributed by atoms with E-state index in [1.54, 1.807) is 7.05 Å². The summed E-state index contributed by atoms with van der Waals surface area (Å²) in [7, 11) is 3.84. The second kappa shape index (κ2) is 5.32. The van der Waals surface area contributed by atoms with Gasteiger partial charge >= 0.3 is 0 Å². The van der Waals surface area contributed by atoms with Crippen LogP contribution >= 0.6 is 0 Å². The highest BCUT2D eigenvalue weighted by Gasteiger charge is 2.18. The third kappa shape index (κ3) is 2.86. The highest BCUT2D eigenvalue weighted by Crippen LogP contribution is 2.27. The molecule has 1 saturated heterocycles. The lowest BCUT2D eigenvalue weighted by Gasteiger charge is -2.29. The Hall–Kier alpha value is -1.35. The molecule has 17 heavy (non-hydrogen) atoms. The molecule has 1 fully saturated rings. The van der Waals surface area contributed by atoms with Crippen molar-refractivity contribution in [1.29, 1.82) is 0 Å². The van der Waals surface area contributed by atoms with Crippen LogP contribution in [0.5, 0.6) is 0 Å². The van der Waals surface area contributed by atoms with Crippen LogP contribution in [-0.4, -0.2) is 38.0 Å². The van der Waals surface area contributed by atoms with Crippen LogP contribution in [0.4, 0.5) is 0 Å². The summed E-state index contributed by atoms with van der Waals surface area (Å²) < 4.78 is 0. The zero-order valence-electron chi connectivity index (χ0n) is 10.6. The Bertz CT molecular complexity index is 395. The van der Waals surface area contributed by atoms with Gasteiger partial charge in [0.15, 0.2) is 0 Å². The van der Waals surface area contributed by atoms with Gasteiger partial charge in [-0.2, -0.15) is 0 Å². The zero-order valence-corrected chi connectivity index (χ0v) is 10.6. The minimum atomic E-state index is -0.000206. The van der Waals surface area contributed by atoms with Gasteiger partial charge in [-0.3, -0.25) is 4.79 Å². The molecular weight excluding hydrogens is 212 g/mol. The van der Waals surface area contributed by atoms with Gasteiger partial charge in [-0.05, 0) is 56.6 Å². The van der Waals surface area contributed by atoms with Crippen LogP contribution in [0.2, 0.25) is 0 Å². The van der Waals surface area contributed by atoms with Gasteiger partial charge in [-0.1, -0.05) is 12.1 Å². The Kier molecular flexibility index (Phi) is 3.79. The van der Waals surface area contributed by atoms with Gasteiger partial charge in [0, 0.05) is 12.6 Å². The van der Waals surface area contributed by atoms with E-state index in [2.05, 4.69) is 23.3 Å².